The summed E-state index contributed by atoms with van der Waals surface area (Å²) in [6.07, 6.45) is 1.97. The molecule has 0 fully saturated rings. The van der Waals surface area contributed by atoms with Gasteiger partial charge in [-0.15, -0.1) is 0 Å². The van der Waals surface area contributed by atoms with Gasteiger partial charge in [-0.25, -0.2) is 0 Å². The monoisotopic (exact) mass is 1830 g/mol. The van der Waals surface area contributed by atoms with E-state index in [9.17, 15) is 0 Å². The van der Waals surface area contributed by atoms with Crippen LogP contribution in [0, 0.1) is 0 Å². The molecule has 0 N–H and O–H groups in total. The number of hydrogen-bond acceptors (Lipinski definition) is 4. The summed E-state index contributed by atoms with van der Waals surface area (Å²) in [6.45, 7) is 24.2. The number of hydrogen-bond donors (Lipinski definition) is 0. The minimum absolute atomic E-state index is 0.0870. The molecule has 0 saturated carbocycles. The summed E-state index contributed by atoms with van der Waals surface area (Å²) in [4.78, 5) is 9.78. The minimum atomic E-state index is -0.247. The number of anilines is 12. The van der Waals surface area contributed by atoms with Gasteiger partial charge in [-0.05, 0) is 314 Å². The van der Waals surface area contributed by atoms with Crippen molar-refractivity contribution in [2.24, 2.45) is 0 Å². The summed E-state index contributed by atoms with van der Waals surface area (Å²) in [5, 5.41) is 0. The van der Waals surface area contributed by atoms with Crippen molar-refractivity contribution in [1.82, 2.24) is 0 Å². The number of benzene rings is 20. The van der Waals surface area contributed by atoms with Crippen molar-refractivity contribution >= 4 is 68.2 Å². The molecule has 688 valence electrons. The maximum Gasteiger partial charge on any atom is 0.0465 e. The smallest absolute Gasteiger partial charge is 0.0465 e. The topological polar surface area (TPSA) is 13.0 Å². The van der Waals surface area contributed by atoms with Crippen molar-refractivity contribution in [2.45, 2.75) is 115 Å². The van der Waals surface area contributed by atoms with Crippen molar-refractivity contribution in [3.8, 4) is 89.0 Å². The maximum absolute atomic E-state index is 2.51. The Hall–Kier alpha value is -16.4. The van der Waals surface area contributed by atoms with Crippen LogP contribution in [-0.2, 0) is 32.5 Å². The molecule has 2 unspecified atom stereocenters. The Kier molecular flexibility index (Phi) is 22.8. The van der Waals surface area contributed by atoms with Gasteiger partial charge < -0.3 is 19.6 Å². The highest BCUT2D eigenvalue weighted by atomic mass is 15.2. The summed E-state index contributed by atoms with van der Waals surface area (Å²) < 4.78 is 0. The van der Waals surface area contributed by atoms with E-state index in [-0.39, 0.29) is 32.5 Å². The molecule has 24 rings (SSSR count). The average Bonchev–Trinajstić information content (AvgIpc) is 1.57. The van der Waals surface area contributed by atoms with Gasteiger partial charge in [0.2, 0.25) is 0 Å². The van der Waals surface area contributed by atoms with E-state index in [1.165, 1.54) is 156 Å². The molecule has 2 atom stereocenters. The van der Waals surface area contributed by atoms with Crippen molar-refractivity contribution in [1.29, 1.82) is 0 Å². The van der Waals surface area contributed by atoms with Crippen LogP contribution in [0.4, 0.5) is 68.2 Å². The largest absolute Gasteiger partial charge is 0.310 e. The van der Waals surface area contributed by atoms with Gasteiger partial charge >= 0.3 is 0 Å². The summed E-state index contributed by atoms with van der Waals surface area (Å²) >= 11 is 0. The van der Waals surface area contributed by atoms with Crippen LogP contribution >= 0.6 is 0 Å². The Bertz CT molecular complexity index is 7870. The predicted molar refractivity (Wildman–Crippen MR) is 600 cm³/mol. The molecule has 0 spiro atoms. The molecule has 4 aliphatic rings. The maximum atomic E-state index is 2.51. The molecule has 0 amide bonds. The molecule has 0 aliphatic heterocycles. The lowest BCUT2D eigenvalue weighted by atomic mass is 9.75. The molecule has 4 heteroatoms. The lowest BCUT2D eigenvalue weighted by Gasteiger charge is -2.32. The minimum Gasteiger partial charge on any atom is -0.310 e. The molecule has 0 radical (unpaired) electrons. The van der Waals surface area contributed by atoms with Gasteiger partial charge in [-0.3, -0.25) is 0 Å². The van der Waals surface area contributed by atoms with Gasteiger partial charge in [0, 0.05) is 89.9 Å². The summed E-state index contributed by atoms with van der Waals surface area (Å²) in [7, 11) is 0. The molecule has 142 heavy (non-hydrogen) atoms. The molecule has 0 aromatic heterocycles. The molecular formula is C138H116N4. The van der Waals surface area contributed by atoms with Crippen molar-refractivity contribution in [3.05, 3.63) is 553 Å². The normalized spacial score (nSPS) is 15.9. The lowest BCUT2D eigenvalue weighted by molar-refractivity contribution is 0.425. The highest BCUT2D eigenvalue weighted by Crippen LogP contribution is 2.60. The van der Waals surface area contributed by atoms with Gasteiger partial charge in [0.1, 0.15) is 0 Å². The van der Waals surface area contributed by atoms with Crippen LogP contribution in [0.2, 0.25) is 0 Å². The zero-order valence-corrected chi connectivity index (χ0v) is 82.5. The van der Waals surface area contributed by atoms with E-state index in [0.717, 1.165) is 69.7 Å². The van der Waals surface area contributed by atoms with Gasteiger partial charge in [0.25, 0.3) is 0 Å². The fourth-order valence-electron chi connectivity index (χ4n) is 24.1. The number of fused-ring (bicyclic) bond motifs is 8. The van der Waals surface area contributed by atoms with Crippen molar-refractivity contribution in [3.63, 3.8) is 0 Å². The first kappa shape index (κ1) is 89.5. The van der Waals surface area contributed by atoms with Gasteiger partial charge in [0.15, 0.2) is 0 Å². The molecule has 20 aromatic carbocycles. The quantitative estimate of drug-likeness (QED) is 0.0754. The third-order valence-corrected chi connectivity index (χ3v) is 31.3. The lowest BCUT2D eigenvalue weighted by Crippen LogP contribution is -2.24. The van der Waals surface area contributed by atoms with Crippen LogP contribution in [0.1, 0.15) is 138 Å². The Balaban J connectivity index is 0.000000158. The van der Waals surface area contributed by atoms with E-state index in [4.69, 9.17) is 0 Å². The van der Waals surface area contributed by atoms with Crippen molar-refractivity contribution < 1.29 is 0 Å². The Morgan fingerprint density at radius 1 is 0.141 bits per heavy atom. The first-order valence-electron chi connectivity index (χ1n) is 50.2. The molecular weight excluding hydrogens is 1710 g/mol. The van der Waals surface area contributed by atoms with Crippen LogP contribution in [0.25, 0.3) is 89.0 Å². The first-order valence-corrected chi connectivity index (χ1v) is 50.2. The third kappa shape index (κ3) is 16.3. The molecule has 0 heterocycles. The molecule has 4 aliphatic carbocycles. The van der Waals surface area contributed by atoms with E-state index in [1.54, 1.807) is 0 Å². The zero-order valence-electron chi connectivity index (χ0n) is 82.5. The predicted octanol–water partition coefficient (Wildman–Crippen LogP) is 37.8. The van der Waals surface area contributed by atoms with E-state index < -0.39 is 0 Å². The van der Waals surface area contributed by atoms with E-state index in [0.29, 0.717) is 0 Å². The Morgan fingerprint density at radius 2 is 0.338 bits per heavy atom. The van der Waals surface area contributed by atoms with Crippen LogP contribution in [0.3, 0.4) is 0 Å². The first-order chi connectivity index (χ1) is 69.1. The van der Waals surface area contributed by atoms with Gasteiger partial charge in [-0.2, -0.15) is 0 Å². The Labute approximate surface area is 838 Å². The zero-order chi connectivity index (χ0) is 96.6. The standard InChI is InChI=1S/C72H62N2.C66H54N2/c1-69(2)47-72(7,52-23-18-24-55(43-52)73(53-33-29-50(30-34-53)48-19-10-8-11-20-48)56-37-40-61-59-25-14-16-27-63(59)70(3,4)66(61)44-56)65-42-39-58(46-68(65)69)74(54-35-31-51(32-36-54)49-21-12-9-13-22-49)57-38-41-62-60-26-15-17-28-64(60)71(5,6)67(62)45-57;1-65(2)47-66(3,56-25-16-26-61(45-56)67(57-35-27-52(28-36-57)48-17-8-4-9-18-48)58-37-29-53(30-38-58)49-19-10-5-11-20-49)63-44-43-62(46-64(63)65)68(59-39-31-54(32-40-59)50-21-12-6-13-22-50)60-41-33-55(34-42-60)51-23-14-7-15-24-51/h8-46H,47H2,1-7H3;4-46H,47H2,1-3H3. The Morgan fingerprint density at radius 3 is 0.599 bits per heavy atom. The van der Waals surface area contributed by atoms with Crippen molar-refractivity contribution in [2.75, 3.05) is 19.6 Å². The second kappa shape index (κ2) is 36.1. The highest BCUT2D eigenvalue weighted by Gasteiger charge is 2.49. The van der Waals surface area contributed by atoms with E-state index >= 15 is 0 Å². The molecule has 0 saturated heterocycles. The number of rotatable bonds is 20. The second-order valence-corrected chi connectivity index (χ2v) is 42.0. The van der Waals surface area contributed by atoms with Gasteiger partial charge in [0.05, 0.1) is 0 Å². The third-order valence-electron chi connectivity index (χ3n) is 31.3. The molecule has 4 nitrogen and oxygen atoms in total. The van der Waals surface area contributed by atoms with Gasteiger partial charge in [-0.1, -0.05) is 421 Å². The summed E-state index contributed by atoms with van der Waals surface area (Å²) in [5.41, 5.74) is 46.3. The van der Waals surface area contributed by atoms with E-state index in [1.807, 2.05) is 0 Å². The summed E-state index contributed by atoms with van der Waals surface area (Å²) in [5.74, 6) is 0. The highest BCUT2D eigenvalue weighted by molar-refractivity contribution is 5.91. The second-order valence-electron chi connectivity index (χ2n) is 42.0. The van der Waals surface area contributed by atoms with Crippen LogP contribution < -0.4 is 19.6 Å². The molecule has 0 bridgehead atoms. The fraction of sp³-hybridized carbons (Fsp3) is 0.130. The van der Waals surface area contributed by atoms with Crippen LogP contribution in [0.5, 0.6) is 0 Å². The fourth-order valence-corrected chi connectivity index (χ4v) is 24.1. The van der Waals surface area contributed by atoms with Crippen LogP contribution in [-0.4, -0.2) is 0 Å². The van der Waals surface area contributed by atoms with Crippen LogP contribution in [0.15, 0.2) is 497 Å². The summed E-state index contributed by atoms with van der Waals surface area (Å²) in [6, 6.07) is 184. The number of nitrogens with zero attached hydrogens (tertiary/aromatic N) is 4. The SMILES string of the molecule is CC1(C)CC(C)(c2cccc(N(c3ccc(-c4ccccc4)cc3)c3ccc(-c4ccccc4)cc3)c2)c2ccc(N(c3ccc(-c4ccccc4)cc3)c3ccc(-c4ccccc4)cc3)cc21.CC1(C)CC(C)(c2cccc(N(c3ccc(-c4ccccc4)cc3)c3ccc4c(c3)C(C)(C)c3ccccc3-4)c2)c2ccc(N(c3ccc(-c4ccccc4)cc3)c3ccc4c(c3)C(C)(C)c3ccccc3-4)cc21. The average molecular weight is 1830 g/mol. The van der Waals surface area contributed by atoms with E-state index in [2.05, 4.69) is 586 Å². The molecule has 20 aromatic rings.